The normalized spacial score (nSPS) is 14.9. The number of ether oxygens (including phenoxy) is 8. The molecule has 0 spiro atoms. The van der Waals surface area contributed by atoms with Crippen LogP contribution >= 0.6 is 90.4 Å². The molecule has 2 aliphatic carbocycles. The number of hydrogen-bond acceptors (Lipinski definition) is 16. The largest absolute Gasteiger partial charge is 0.462 e. The molecule has 138 heavy (non-hydrogen) atoms. The number of halogens is 4. The minimum absolute atomic E-state index is 0.117. The second-order valence-corrected chi connectivity index (χ2v) is 50.3. The molecule has 14 aromatic carbocycles. The smallest absolute Gasteiger partial charge is 0.343 e. The van der Waals surface area contributed by atoms with E-state index < -0.39 is 18.8 Å². The summed E-state index contributed by atoms with van der Waals surface area (Å²) in [4.78, 5) is 113. The van der Waals surface area contributed by atoms with E-state index in [0.717, 1.165) is 33.9 Å². The van der Waals surface area contributed by atoms with Gasteiger partial charge >= 0.3 is 47.8 Å². The number of carbonyl (C=O) groups is 8. The molecule has 4 unspecified atom stereocenters. The molecule has 0 saturated heterocycles. The van der Waals surface area contributed by atoms with Crippen molar-refractivity contribution in [1.29, 1.82) is 0 Å². The first-order chi connectivity index (χ1) is 66.6. The van der Waals surface area contributed by atoms with Gasteiger partial charge in [0.25, 0.3) is 0 Å². The summed E-state index contributed by atoms with van der Waals surface area (Å²) < 4.78 is 42.7. The van der Waals surface area contributed by atoms with Crippen molar-refractivity contribution in [3.05, 3.63) is 399 Å². The van der Waals surface area contributed by atoms with Crippen molar-refractivity contribution in [2.75, 3.05) is 0 Å². The zero-order chi connectivity index (χ0) is 97.5. The Kier molecular flexibility index (Phi) is 39.3. The van der Waals surface area contributed by atoms with Gasteiger partial charge in [-0.15, -0.1) is 0 Å². The molecule has 16 nitrogen and oxygen atoms in total. The predicted molar refractivity (Wildman–Crippen MR) is 578 cm³/mol. The minimum Gasteiger partial charge on any atom is -0.462 e. The summed E-state index contributed by atoms with van der Waals surface area (Å²) in [6, 6.07) is 127. The molecule has 0 aromatic heterocycles. The molecule has 0 heterocycles. The second-order valence-electron chi connectivity index (χ2n) is 33.1. The van der Waals surface area contributed by atoms with Crippen molar-refractivity contribution in [1.82, 2.24) is 0 Å². The summed E-state index contributed by atoms with van der Waals surface area (Å²) >= 11 is 8.14. The van der Waals surface area contributed by atoms with E-state index in [0.29, 0.717) is 77.7 Å². The van der Waals surface area contributed by atoms with Crippen LogP contribution in [0.15, 0.2) is 447 Å². The summed E-state index contributed by atoms with van der Waals surface area (Å²) in [7, 11) is -1.02. The Balaban J connectivity index is 0.000000155. The first-order valence-corrected chi connectivity index (χ1v) is 54.6. The average Bonchev–Trinajstić information content (AvgIpc) is 0.818. The highest BCUT2D eigenvalue weighted by Crippen LogP contribution is 2.40. The van der Waals surface area contributed by atoms with E-state index in [2.05, 4.69) is 168 Å². The Morgan fingerprint density at radius 1 is 0.268 bits per heavy atom. The third-order valence-electron chi connectivity index (χ3n) is 21.7. The van der Waals surface area contributed by atoms with Gasteiger partial charge < -0.3 is 37.9 Å². The monoisotopic (exact) mass is 2360 g/mol. The van der Waals surface area contributed by atoms with E-state index in [1.807, 2.05) is 283 Å². The van der Waals surface area contributed by atoms with E-state index in [1.54, 1.807) is 63.2 Å². The third kappa shape index (κ3) is 31.1. The van der Waals surface area contributed by atoms with Gasteiger partial charge in [-0.2, -0.15) is 0 Å². The van der Waals surface area contributed by atoms with Crippen LogP contribution in [0.25, 0.3) is 0 Å². The van der Waals surface area contributed by atoms with Gasteiger partial charge in [-0.3, -0.25) is 28.8 Å². The fourth-order valence-corrected chi connectivity index (χ4v) is 23.4. The van der Waals surface area contributed by atoms with Crippen LogP contribution in [0.5, 0.6) is 34.5 Å². The van der Waals surface area contributed by atoms with Gasteiger partial charge in [-0.25, -0.2) is 9.59 Å². The maximum absolute atomic E-state index is 12.8. The van der Waals surface area contributed by atoms with Crippen LogP contribution in [0.2, 0.25) is 0 Å². The van der Waals surface area contributed by atoms with Crippen LogP contribution in [0.3, 0.4) is 0 Å². The van der Waals surface area contributed by atoms with Crippen LogP contribution in [0.1, 0.15) is 114 Å². The Morgan fingerprint density at radius 3 is 0.877 bits per heavy atom. The molecule has 24 heteroatoms. The maximum atomic E-state index is 12.8. The van der Waals surface area contributed by atoms with Crippen LogP contribution in [-0.4, -0.2) is 74.7 Å². The zero-order valence-corrected chi connectivity index (χ0v) is 88.6. The Morgan fingerprint density at radius 2 is 0.558 bits per heavy atom. The van der Waals surface area contributed by atoms with E-state index in [-0.39, 0.29) is 111 Å². The molecule has 2 fully saturated rings. The molecule has 2 aliphatic rings. The van der Waals surface area contributed by atoms with E-state index in [4.69, 9.17) is 37.9 Å². The summed E-state index contributed by atoms with van der Waals surface area (Å²) in [5, 5.41) is 0. The van der Waals surface area contributed by atoms with Crippen molar-refractivity contribution in [3.63, 3.8) is 0 Å². The van der Waals surface area contributed by atoms with Crippen molar-refractivity contribution < 1.29 is 76.3 Å². The lowest BCUT2D eigenvalue weighted by Gasteiger charge is -2.28. The minimum atomic E-state index is -0.673. The van der Waals surface area contributed by atoms with Gasteiger partial charge in [0.2, 0.25) is 0 Å². The number of carbonyl (C=O) groups excluding carboxylic acids is 8. The van der Waals surface area contributed by atoms with Gasteiger partial charge in [0, 0.05) is 0 Å². The van der Waals surface area contributed by atoms with Crippen molar-refractivity contribution in [2.45, 2.75) is 179 Å². The predicted octanol–water partition coefficient (Wildman–Crippen LogP) is 27.5. The lowest BCUT2D eigenvalue weighted by atomic mass is 9.87. The molecule has 14 aromatic rings. The van der Waals surface area contributed by atoms with Crippen LogP contribution in [0.4, 0.5) is 0 Å². The summed E-state index contributed by atoms with van der Waals surface area (Å²) in [5.74, 6) is -0.296. The number of hydrogen-bond donors (Lipinski definition) is 0. The molecule has 0 N–H and O–H groups in total. The van der Waals surface area contributed by atoms with Gasteiger partial charge in [0.1, 0.15) is 61.4 Å². The number of alkyl halides is 4. The quantitative estimate of drug-likeness (QED) is 0.0147. The molecule has 0 amide bonds. The SMILES string of the molecule is CC(C)(I)C(=O)OC1CCC(C(=O)Oc2ccc([S+](c3ccccc3)c3ccccc3)cc2)CC1.CC(C)(I)C(=O)Oc1cccc(C(=O)Oc2ccc([S+](c3ccccc3)c3ccccc3)cc2)c1.CC(I)C(=O)OC1CCCC(C(=O)Oc2ccc([S+](c3ccccc3)c3ccccc3)cc2)C1.CC(I)C(=O)Oc1ccc(C(=O)Oc2ccc([S+](c3ccccc3)c3ccccc3)cc2)cc1. The van der Waals surface area contributed by atoms with Gasteiger partial charge in [-0.1, -0.05) is 242 Å². The fourth-order valence-electron chi connectivity index (χ4n) is 14.6. The van der Waals surface area contributed by atoms with Gasteiger partial charge in [-0.05, 0) is 329 Å². The molecular weight excluding hydrogens is 2260 g/mol. The maximum Gasteiger partial charge on any atom is 0.343 e. The first kappa shape index (κ1) is 105. The molecule has 16 rings (SSSR count). The van der Waals surface area contributed by atoms with Crippen molar-refractivity contribution in [3.8, 4) is 34.5 Å². The van der Waals surface area contributed by atoms with E-state index in [9.17, 15) is 38.4 Å². The highest BCUT2D eigenvalue weighted by Gasteiger charge is 2.38. The standard InChI is InChI=1S/C29H24IO4S.C29H30IO4S.C28H28IO4S.C28H22IO4S/c1-29(2,30)28(32)34-23-11-9-10-21(20-23)27(31)33-22-16-18-26(19-17-22)35(24-12-5-3-6-13-24)25-14-7-4-8-15-25;1-29(2,30)28(32)34-23-15-13-21(14-16-23)27(31)33-22-17-19-26(20-18-22)35(24-9-5-3-6-10-24)25-11-7-4-8-12-25;1-20(29)27(30)33-23-10-8-9-21(19-23)28(31)32-22-15-17-26(18-16-22)34(24-11-4-2-5-12-24)25-13-6-3-7-14-25;1-20(29)27(30)32-22-14-12-21(13-15-22)28(31)33-23-16-18-26(19-17-23)34(24-8-4-2-5-9-24)25-10-6-3-7-11-25/h3-20H,1-2H3;3-12,17-21,23H,13-16H2,1-2H3;2-7,11-18,20-21,23H,8-10,19H2,1H3;2-20H,1H3/q4*+1. The summed E-state index contributed by atoms with van der Waals surface area (Å²) in [5.41, 5.74) is 0.679. The lowest BCUT2D eigenvalue weighted by molar-refractivity contribution is -0.154. The second kappa shape index (κ2) is 51.9. The summed E-state index contributed by atoms with van der Waals surface area (Å²) in [6.07, 6.45) is 5.32. The van der Waals surface area contributed by atoms with Crippen molar-refractivity contribution >= 4 is 182 Å². The first-order valence-electron chi connectivity index (χ1n) is 45.0. The van der Waals surface area contributed by atoms with Crippen LogP contribution in [0, 0.1) is 11.8 Å². The average molecular weight is 2370 g/mol. The summed E-state index contributed by atoms with van der Waals surface area (Å²) in [6.45, 7) is 10.8. The molecule has 0 radical (unpaired) electrons. The Hall–Kier alpha value is -10.8. The molecular formula is C114H104I4O16S4+4. The highest BCUT2D eigenvalue weighted by atomic mass is 127. The highest BCUT2D eigenvalue weighted by molar-refractivity contribution is 14.1. The third-order valence-corrected chi connectivity index (χ3v) is 32.5. The van der Waals surface area contributed by atoms with Gasteiger partial charge in [0.15, 0.2) is 58.7 Å². The Bertz CT molecular complexity index is 6130. The van der Waals surface area contributed by atoms with Crippen LogP contribution in [-0.2, 0) is 81.8 Å². The number of benzene rings is 14. The molecule has 4 atom stereocenters. The van der Waals surface area contributed by atoms with E-state index >= 15 is 0 Å². The number of esters is 8. The van der Waals surface area contributed by atoms with E-state index in [1.165, 1.54) is 50.1 Å². The molecule has 2 saturated carbocycles. The van der Waals surface area contributed by atoms with Crippen molar-refractivity contribution in [2.24, 2.45) is 11.8 Å². The fraction of sp³-hybridized carbons (Fsp3) is 0.193. The number of rotatable bonds is 28. The molecule has 704 valence electrons. The topological polar surface area (TPSA) is 210 Å². The Labute approximate surface area is 873 Å². The zero-order valence-electron chi connectivity index (χ0n) is 76.7. The van der Waals surface area contributed by atoms with Gasteiger partial charge in [0.05, 0.1) is 66.5 Å². The lowest BCUT2D eigenvalue weighted by Crippen LogP contribution is -2.34. The van der Waals surface area contributed by atoms with Crippen LogP contribution < -0.4 is 28.4 Å². The molecule has 0 bridgehead atoms. The molecule has 0 aliphatic heterocycles.